The van der Waals surface area contributed by atoms with Gasteiger partial charge in [0, 0.05) is 6.54 Å². The van der Waals surface area contributed by atoms with Crippen LogP contribution in [-0.2, 0) is 6.42 Å². The van der Waals surface area contributed by atoms with Crippen LogP contribution in [0.2, 0.25) is 0 Å². The summed E-state index contributed by atoms with van der Waals surface area (Å²) in [4.78, 5) is 2.22. The maximum absolute atomic E-state index is 2.30. The molecule has 0 aliphatic rings. The number of allylic oxidation sites excluding steroid dienone is 3. The van der Waals surface area contributed by atoms with Gasteiger partial charge in [-0.15, -0.1) is 0 Å². The number of hydrogen-bond acceptors (Lipinski definition) is 1. The molecule has 0 bridgehead atoms. The normalized spacial score (nSPS) is 12.6. The second-order valence-electron chi connectivity index (χ2n) is 4.88. The molecule has 0 fully saturated rings. The van der Waals surface area contributed by atoms with Gasteiger partial charge >= 0.3 is 0 Å². The predicted octanol–water partition coefficient (Wildman–Crippen LogP) is 4.07. The molecular formula is C17H25N. The van der Waals surface area contributed by atoms with Crippen molar-refractivity contribution in [2.75, 3.05) is 20.6 Å². The van der Waals surface area contributed by atoms with Crippen molar-refractivity contribution < 1.29 is 0 Å². The highest BCUT2D eigenvalue weighted by molar-refractivity contribution is 5.15. The molecular weight excluding hydrogens is 218 g/mol. The summed E-state index contributed by atoms with van der Waals surface area (Å²) in [7, 11) is 4.23. The molecule has 0 heterocycles. The van der Waals surface area contributed by atoms with Crippen molar-refractivity contribution in [1.82, 2.24) is 4.90 Å². The zero-order valence-electron chi connectivity index (χ0n) is 11.9. The van der Waals surface area contributed by atoms with Crippen LogP contribution in [-0.4, -0.2) is 25.5 Å². The monoisotopic (exact) mass is 243 g/mol. The Bertz CT molecular complexity index is 374. The van der Waals surface area contributed by atoms with Crippen LogP contribution in [0.3, 0.4) is 0 Å². The molecule has 0 atom stereocenters. The quantitative estimate of drug-likeness (QED) is 0.652. The first kappa shape index (κ1) is 14.7. The van der Waals surface area contributed by atoms with E-state index >= 15 is 0 Å². The molecule has 0 N–H and O–H groups in total. The number of nitrogens with zero attached hydrogens (tertiary/aromatic N) is 1. The highest BCUT2D eigenvalue weighted by Crippen LogP contribution is 2.06. The molecule has 18 heavy (non-hydrogen) atoms. The van der Waals surface area contributed by atoms with Gasteiger partial charge in [-0.2, -0.15) is 0 Å². The van der Waals surface area contributed by atoms with Crippen LogP contribution < -0.4 is 0 Å². The van der Waals surface area contributed by atoms with Crippen molar-refractivity contribution in [3.05, 3.63) is 59.7 Å². The summed E-state index contributed by atoms with van der Waals surface area (Å²) in [6.45, 7) is 3.18. The molecule has 0 saturated heterocycles. The van der Waals surface area contributed by atoms with Gasteiger partial charge in [0.15, 0.2) is 0 Å². The second-order valence-corrected chi connectivity index (χ2v) is 4.88. The van der Waals surface area contributed by atoms with Crippen molar-refractivity contribution in [1.29, 1.82) is 0 Å². The fourth-order valence-corrected chi connectivity index (χ4v) is 1.93. The lowest BCUT2D eigenvalue weighted by Crippen LogP contribution is -2.14. The van der Waals surface area contributed by atoms with Crippen LogP contribution >= 0.6 is 0 Å². The largest absolute Gasteiger partial charge is 0.305 e. The molecule has 1 nitrogen and oxygen atoms in total. The Morgan fingerprint density at radius 2 is 1.83 bits per heavy atom. The van der Waals surface area contributed by atoms with Crippen LogP contribution in [0.15, 0.2) is 54.1 Å². The van der Waals surface area contributed by atoms with E-state index < -0.39 is 0 Å². The Morgan fingerprint density at radius 3 is 2.44 bits per heavy atom. The van der Waals surface area contributed by atoms with Gasteiger partial charge in [0.05, 0.1) is 0 Å². The minimum Gasteiger partial charge on any atom is -0.305 e. The van der Waals surface area contributed by atoms with E-state index in [2.05, 4.69) is 74.5 Å². The van der Waals surface area contributed by atoms with Crippen LogP contribution in [0, 0.1) is 0 Å². The van der Waals surface area contributed by atoms with E-state index in [9.17, 15) is 0 Å². The van der Waals surface area contributed by atoms with Crippen molar-refractivity contribution in [2.24, 2.45) is 0 Å². The summed E-state index contributed by atoms with van der Waals surface area (Å²) in [5.41, 5.74) is 2.90. The summed E-state index contributed by atoms with van der Waals surface area (Å²) in [5.74, 6) is 0. The van der Waals surface area contributed by atoms with Crippen LogP contribution in [0.4, 0.5) is 0 Å². The zero-order chi connectivity index (χ0) is 13.2. The lowest BCUT2D eigenvalue weighted by Gasteiger charge is -2.11. The molecule has 0 spiro atoms. The molecule has 1 heteroatoms. The third-order valence-electron chi connectivity index (χ3n) is 2.92. The van der Waals surface area contributed by atoms with E-state index in [1.54, 1.807) is 0 Å². The van der Waals surface area contributed by atoms with E-state index in [4.69, 9.17) is 0 Å². The van der Waals surface area contributed by atoms with Crippen molar-refractivity contribution in [3.8, 4) is 0 Å². The lowest BCUT2D eigenvalue weighted by atomic mass is 10.1. The predicted molar refractivity (Wildman–Crippen MR) is 80.8 cm³/mol. The Hall–Kier alpha value is -1.34. The van der Waals surface area contributed by atoms with Crippen molar-refractivity contribution >= 4 is 0 Å². The van der Waals surface area contributed by atoms with Gasteiger partial charge in [-0.05, 0) is 45.8 Å². The number of likely N-dealkylation sites (N-methyl/N-ethyl adjacent to an activating group) is 1. The van der Waals surface area contributed by atoms with Gasteiger partial charge in [0.2, 0.25) is 0 Å². The molecule has 1 aromatic rings. The third kappa shape index (κ3) is 6.41. The van der Waals surface area contributed by atoms with Gasteiger partial charge in [-0.3, -0.25) is 0 Å². The third-order valence-corrected chi connectivity index (χ3v) is 2.92. The first-order valence-corrected chi connectivity index (χ1v) is 6.70. The van der Waals surface area contributed by atoms with Crippen LogP contribution in [0.25, 0.3) is 0 Å². The van der Waals surface area contributed by atoms with Gasteiger partial charge < -0.3 is 4.90 Å². The Labute approximate surface area is 112 Å². The minimum absolute atomic E-state index is 1.06. The summed E-state index contributed by atoms with van der Waals surface area (Å²) in [6.07, 6.45) is 10.2. The average molecular weight is 243 g/mol. The Kier molecular flexibility index (Phi) is 7.12. The zero-order valence-corrected chi connectivity index (χ0v) is 11.9. The number of rotatable bonds is 7. The molecule has 0 unspecified atom stereocenters. The SMILES string of the molecule is CC=C(C/C=C/CCc1ccccc1)CN(C)C. The van der Waals surface area contributed by atoms with Crippen LogP contribution in [0.5, 0.6) is 0 Å². The lowest BCUT2D eigenvalue weighted by molar-refractivity contribution is 0.442. The average Bonchev–Trinajstić information content (AvgIpc) is 2.37. The smallest absolute Gasteiger partial charge is 0.0189 e. The van der Waals surface area contributed by atoms with Gasteiger partial charge in [-0.1, -0.05) is 54.1 Å². The molecule has 0 aliphatic carbocycles. The molecule has 0 aliphatic heterocycles. The topological polar surface area (TPSA) is 3.24 Å². The van der Waals surface area contributed by atoms with Gasteiger partial charge in [0.1, 0.15) is 0 Å². The highest BCUT2D eigenvalue weighted by Gasteiger charge is 1.95. The van der Waals surface area contributed by atoms with E-state index in [-0.39, 0.29) is 0 Å². The molecule has 0 radical (unpaired) electrons. The molecule has 98 valence electrons. The Morgan fingerprint density at radius 1 is 1.11 bits per heavy atom. The van der Waals surface area contributed by atoms with E-state index in [0.717, 1.165) is 25.8 Å². The summed E-state index contributed by atoms with van der Waals surface area (Å²) in [6, 6.07) is 10.7. The second kappa shape index (κ2) is 8.71. The van der Waals surface area contributed by atoms with Crippen molar-refractivity contribution in [3.63, 3.8) is 0 Å². The highest BCUT2D eigenvalue weighted by atomic mass is 15.0. The molecule has 0 amide bonds. The molecule has 0 saturated carbocycles. The number of hydrogen-bond donors (Lipinski definition) is 0. The summed E-state index contributed by atoms with van der Waals surface area (Å²) >= 11 is 0. The fourth-order valence-electron chi connectivity index (χ4n) is 1.93. The van der Waals surface area contributed by atoms with E-state index in [0.29, 0.717) is 0 Å². The van der Waals surface area contributed by atoms with Crippen LogP contribution in [0.1, 0.15) is 25.3 Å². The number of aryl methyl sites for hydroxylation is 1. The van der Waals surface area contributed by atoms with Crippen molar-refractivity contribution in [2.45, 2.75) is 26.2 Å². The Balaban J connectivity index is 2.25. The summed E-state index contributed by atoms with van der Waals surface area (Å²) < 4.78 is 0. The molecule has 1 aromatic carbocycles. The fraction of sp³-hybridized carbons (Fsp3) is 0.412. The summed E-state index contributed by atoms with van der Waals surface area (Å²) in [5, 5.41) is 0. The number of benzene rings is 1. The molecule has 0 aromatic heterocycles. The maximum atomic E-state index is 2.30. The standard InChI is InChI=1S/C17H25N/c1-4-16(15-18(2)3)11-7-5-8-12-17-13-9-6-10-14-17/h4-7,9-10,13-14H,8,11-12,15H2,1-3H3/b7-5+,16-4?. The maximum Gasteiger partial charge on any atom is 0.0189 e. The minimum atomic E-state index is 1.06. The first-order valence-electron chi connectivity index (χ1n) is 6.70. The molecule has 1 rings (SSSR count). The first-order chi connectivity index (χ1) is 8.72. The van der Waals surface area contributed by atoms with E-state index in [1.165, 1.54) is 11.1 Å². The van der Waals surface area contributed by atoms with Gasteiger partial charge in [0.25, 0.3) is 0 Å². The van der Waals surface area contributed by atoms with Gasteiger partial charge in [-0.25, -0.2) is 0 Å². The van der Waals surface area contributed by atoms with E-state index in [1.807, 2.05) is 0 Å².